The van der Waals surface area contributed by atoms with Gasteiger partial charge in [0.15, 0.2) is 11.7 Å². The second-order valence-electron chi connectivity index (χ2n) is 8.23. The SMILES string of the molecule is Cc1nc(COc2ccccc2C(=O)Nc2nc(-c3ccc(NC(=O)CC(C)C)cc3)cs2)no1. The number of aromatic nitrogens is 3. The standard InChI is InChI=1S/C25H25N5O4S/c1-15(2)12-23(31)27-18-10-8-17(9-11-18)20-14-35-25(28-20)29-24(32)19-6-4-5-7-21(19)33-13-22-26-16(3)34-30-22/h4-11,14-15H,12-13H2,1-3H3,(H,27,31)(H,28,29,32). The quantitative estimate of drug-likeness (QED) is 0.325. The Morgan fingerprint density at radius 1 is 1.06 bits per heavy atom. The van der Waals surface area contributed by atoms with Crippen molar-refractivity contribution in [1.82, 2.24) is 15.1 Å². The van der Waals surface area contributed by atoms with Crippen LogP contribution in [-0.4, -0.2) is 26.9 Å². The highest BCUT2D eigenvalue weighted by Gasteiger charge is 2.16. The molecule has 2 N–H and O–H groups in total. The molecular formula is C25H25N5O4S. The number of benzene rings is 2. The Morgan fingerprint density at radius 3 is 2.54 bits per heavy atom. The Bertz CT molecular complexity index is 1310. The lowest BCUT2D eigenvalue weighted by molar-refractivity contribution is -0.116. The average Bonchev–Trinajstić information content (AvgIpc) is 3.46. The van der Waals surface area contributed by atoms with Crippen molar-refractivity contribution in [2.75, 3.05) is 10.6 Å². The number of nitrogens with one attached hydrogen (secondary N) is 2. The lowest BCUT2D eigenvalue weighted by atomic mass is 10.1. The molecule has 2 aromatic heterocycles. The van der Waals surface area contributed by atoms with Gasteiger partial charge in [-0.25, -0.2) is 4.98 Å². The summed E-state index contributed by atoms with van der Waals surface area (Å²) in [6.45, 7) is 5.78. The van der Waals surface area contributed by atoms with Crippen LogP contribution in [-0.2, 0) is 11.4 Å². The zero-order valence-corrected chi connectivity index (χ0v) is 20.4. The summed E-state index contributed by atoms with van der Waals surface area (Å²) in [6.07, 6.45) is 0.474. The second-order valence-corrected chi connectivity index (χ2v) is 9.09. The molecule has 180 valence electrons. The van der Waals surface area contributed by atoms with Gasteiger partial charge in [0, 0.05) is 30.0 Å². The van der Waals surface area contributed by atoms with Gasteiger partial charge in [0.05, 0.1) is 11.3 Å². The van der Waals surface area contributed by atoms with Crippen LogP contribution in [0.3, 0.4) is 0 Å². The fourth-order valence-electron chi connectivity index (χ4n) is 3.26. The molecule has 35 heavy (non-hydrogen) atoms. The van der Waals surface area contributed by atoms with E-state index < -0.39 is 0 Å². The first-order valence-corrected chi connectivity index (χ1v) is 11.9. The maximum absolute atomic E-state index is 12.9. The van der Waals surface area contributed by atoms with Crippen LogP contribution in [0, 0.1) is 12.8 Å². The van der Waals surface area contributed by atoms with Gasteiger partial charge in [-0.3, -0.25) is 14.9 Å². The molecule has 0 atom stereocenters. The van der Waals surface area contributed by atoms with Crippen molar-refractivity contribution >= 4 is 34.0 Å². The predicted molar refractivity (Wildman–Crippen MR) is 133 cm³/mol. The Kier molecular flexibility index (Phi) is 7.51. The smallest absolute Gasteiger partial charge is 0.261 e. The number of hydrogen-bond donors (Lipinski definition) is 2. The van der Waals surface area contributed by atoms with E-state index in [1.54, 1.807) is 31.2 Å². The van der Waals surface area contributed by atoms with Crippen molar-refractivity contribution in [2.24, 2.45) is 5.92 Å². The van der Waals surface area contributed by atoms with Crippen LogP contribution in [0.5, 0.6) is 5.75 Å². The van der Waals surface area contributed by atoms with Crippen LogP contribution in [0.2, 0.25) is 0 Å². The van der Waals surface area contributed by atoms with Gasteiger partial charge in [0.2, 0.25) is 17.6 Å². The van der Waals surface area contributed by atoms with Gasteiger partial charge < -0.3 is 14.6 Å². The average molecular weight is 492 g/mol. The maximum Gasteiger partial charge on any atom is 0.261 e. The molecule has 0 fully saturated rings. The number of ether oxygens (including phenoxy) is 1. The van der Waals surface area contributed by atoms with Crippen LogP contribution >= 0.6 is 11.3 Å². The Morgan fingerprint density at radius 2 is 1.83 bits per heavy atom. The molecule has 0 saturated heterocycles. The number of carbonyl (C=O) groups excluding carboxylic acids is 2. The van der Waals surface area contributed by atoms with Gasteiger partial charge in [-0.15, -0.1) is 11.3 Å². The molecule has 0 aliphatic rings. The highest BCUT2D eigenvalue weighted by Crippen LogP contribution is 2.27. The van der Waals surface area contributed by atoms with E-state index >= 15 is 0 Å². The van der Waals surface area contributed by atoms with E-state index in [2.05, 4.69) is 25.8 Å². The molecule has 0 spiro atoms. The molecule has 4 aromatic rings. The molecule has 2 aromatic carbocycles. The molecule has 0 aliphatic carbocycles. The zero-order valence-electron chi connectivity index (χ0n) is 19.6. The highest BCUT2D eigenvalue weighted by atomic mass is 32.1. The van der Waals surface area contributed by atoms with Crippen LogP contribution in [0.25, 0.3) is 11.3 Å². The topological polar surface area (TPSA) is 119 Å². The van der Waals surface area contributed by atoms with Crippen molar-refractivity contribution in [3.63, 3.8) is 0 Å². The minimum absolute atomic E-state index is 0.0110. The molecular weight excluding hydrogens is 466 g/mol. The predicted octanol–water partition coefficient (Wildman–Crippen LogP) is 5.32. The van der Waals surface area contributed by atoms with Crippen molar-refractivity contribution in [3.05, 3.63) is 71.2 Å². The Labute approximate surface area is 206 Å². The van der Waals surface area contributed by atoms with E-state index in [0.29, 0.717) is 40.5 Å². The van der Waals surface area contributed by atoms with Crippen LogP contribution in [0.1, 0.15) is 42.3 Å². The fraction of sp³-hybridized carbons (Fsp3) is 0.240. The second kappa shape index (κ2) is 10.9. The number of para-hydroxylation sites is 1. The summed E-state index contributed by atoms with van der Waals surface area (Å²) in [5.41, 5.74) is 2.70. The largest absolute Gasteiger partial charge is 0.485 e. The first-order chi connectivity index (χ1) is 16.9. The first-order valence-electron chi connectivity index (χ1n) is 11.1. The molecule has 0 bridgehead atoms. The van der Waals surface area contributed by atoms with E-state index in [1.807, 2.05) is 43.5 Å². The first kappa shape index (κ1) is 24.1. The molecule has 2 amide bonds. The van der Waals surface area contributed by atoms with E-state index in [0.717, 1.165) is 16.9 Å². The molecule has 0 unspecified atom stereocenters. The van der Waals surface area contributed by atoms with Gasteiger partial charge in [-0.2, -0.15) is 4.98 Å². The zero-order chi connectivity index (χ0) is 24.8. The number of thiazole rings is 1. The summed E-state index contributed by atoms with van der Waals surface area (Å²) >= 11 is 1.32. The van der Waals surface area contributed by atoms with Crippen molar-refractivity contribution in [2.45, 2.75) is 33.8 Å². The third-order valence-corrected chi connectivity index (χ3v) is 5.60. The highest BCUT2D eigenvalue weighted by molar-refractivity contribution is 7.14. The van der Waals surface area contributed by atoms with Crippen molar-refractivity contribution in [1.29, 1.82) is 0 Å². The normalized spacial score (nSPS) is 10.9. The Balaban J connectivity index is 1.39. The summed E-state index contributed by atoms with van der Waals surface area (Å²) in [5.74, 6) is 1.19. The monoisotopic (exact) mass is 491 g/mol. The van der Waals surface area contributed by atoms with Crippen molar-refractivity contribution < 1.29 is 18.8 Å². The molecule has 2 heterocycles. The summed E-state index contributed by atoms with van der Waals surface area (Å²) in [4.78, 5) is 33.5. The van der Waals surface area contributed by atoms with Crippen LogP contribution in [0.15, 0.2) is 58.4 Å². The number of rotatable bonds is 9. The molecule has 0 aliphatic heterocycles. The number of carbonyl (C=O) groups is 2. The Hall–Kier alpha value is -4.05. The van der Waals surface area contributed by atoms with E-state index in [1.165, 1.54) is 11.3 Å². The number of nitrogens with zero attached hydrogens (tertiary/aromatic N) is 3. The number of aryl methyl sites for hydroxylation is 1. The summed E-state index contributed by atoms with van der Waals surface area (Å²) in [6, 6.07) is 14.4. The fourth-order valence-corrected chi connectivity index (χ4v) is 3.97. The number of hydrogen-bond acceptors (Lipinski definition) is 8. The van der Waals surface area contributed by atoms with Gasteiger partial charge in [0.25, 0.3) is 5.91 Å². The van der Waals surface area contributed by atoms with E-state index in [9.17, 15) is 9.59 Å². The molecule has 4 rings (SSSR count). The third kappa shape index (κ3) is 6.51. The summed E-state index contributed by atoms with van der Waals surface area (Å²) in [7, 11) is 0. The minimum atomic E-state index is -0.339. The summed E-state index contributed by atoms with van der Waals surface area (Å²) < 4.78 is 10.7. The van der Waals surface area contributed by atoms with Crippen LogP contribution in [0.4, 0.5) is 10.8 Å². The number of amides is 2. The van der Waals surface area contributed by atoms with Gasteiger partial charge in [-0.1, -0.05) is 43.3 Å². The van der Waals surface area contributed by atoms with Gasteiger partial charge in [0.1, 0.15) is 5.75 Å². The van der Waals surface area contributed by atoms with Crippen LogP contribution < -0.4 is 15.4 Å². The molecule has 9 nitrogen and oxygen atoms in total. The lowest BCUT2D eigenvalue weighted by Crippen LogP contribution is -2.13. The molecule has 10 heteroatoms. The van der Waals surface area contributed by atoms with Gasteiger partial charge >= 0.3 is 0 Å². The third-order valence-electron chi connectivity index (χ3n) is 4.84. The van der Waals surface area contributed by atoms with Gasteiger partial charge in [-0.05, 0) is 30.2 Å². The van der Waals surface area contributed by atoms with E-state index in [-0.39, 0.29) is 18.4 Å². The molecule has 0 saturated carbocycles. The maximum atomic E-state index is 12.9. The minimum Gasteiger partial charge on any atom is -0.485 e. The molecule has 0 radical (unpaired) electrons. The van der Waals surface area contributed by atoms with Crippen molar-refractivity contribution in [3.8, 4) is 17.0 Å². The summed E-state index contributed by atoms with van der Waals surface area (Å²) in [5, 5.41) is 11.8. The number of anilines is 2. The van der Waals surface area contributed by atoms with E-state index in [4.69, 9.17) is 9.26 Å². The lowest BCUT2D eigenvalue weighted by Gasteiger charge is -2.09.